The van der Waals surface area contributed by atoms with Crippen molar-refractivity contribution in [3.05, 3.63) is 57.2 Å². The van der Waals surface area contributed by atoms with Crippen LogP contribution in [0.25, 0.3) is 10.6 Å². The van der Waals surface area contributed by atoms with Gasteiger partial charge >= 0.3 is 0 Å². The summed E-state index contributed by atoms with van der Waals surface area (Å²) in [6.45, 7) is 3.63. The summed E-state index contributed by atoms with van der Waals surface area (Å²) < 4.78 is 5.54. The van der Waals surface area contributed by atoms with Crippen molar-refractivity contribution in [2.24, 2.45) is 0 Å². The summed E-state index contributed by atoms with van der Waals surface area (Å²) in [6.07, 6.45) is 0. The molecule has 0 aliphatic heterocycles. The van der Waals surface area contributed by atoms with Gasteiger partial charge in [0.05, 0.1) is 0 Å². The Bertz CT molecular complexity index is 899. The average molecular weight is 387 g/mol. The summed E-state index contributed by atoms with van der Waals surface area (Å²) in [5.41, 5.74) is 7.82. The molecular weight excluding hydrogens is 370 g/mol. The van der Waals surface area contributed by atoms with Crippen molar-refractivity contribution in [1.82, 2.24) is 15.8 Å². The number of hydrazine groups is 1. The normalized spacial score (nSPS) is 10.4. The molecule has 3 aromatic rings. The van der Waals surface area contributed by atoms with Crippen LogP contribution in [0, 0.1) is 13.8 Å². The molecule has 0 saturated carbocycles. The van der Waals surface area contributed by atoms with Crippen LogP contribution >= 0.6 is 22.7 Å². The van der Waals surface area contributed by atoms with E-state index in [0.717, 1.165) is 21.7 Å². The number of rotatable bonds is 5. The summed E-state index contributed by atoms with van der Waals surface area (Å²) in [7, 11) is 0. The molecule has 26 heavy (non-hydrogen) atoms. The first-order valence-corrected chi connectivity index (χ1v) is 9.63. The van der Waals surface area contributed by atoms with Gasteiger partial charge in [0.1, 0.15) is 16.5 Å². The van der Waals surface area contributed by atoms with Gasteiger partial charge in [-0.3, -0.25) is 20.4 Å². The van der Waals surface area contributed by atoms with Crippen LogP contribution in [0.3, 0.4) is 0 Å². The van der Waals surface area contributed by atoms with Crippen molar-refractivity contribution in [2.75, 3.05) is 6.61 Å². The smallest absolute Gasteiger partial charge is 0.289 e. The summed E-state index contributed by atoms with van der Waals surface area (Å²) in [6, 6.07) is 7.69. The largest absolute Gasteiger partial charge is 0.483 e. The van der Waals surface area contributed by atoms with Crippen molar-refractivity contribution in [2.45, 2.75) is 13.8 Å². The Hall–Kier alpha value is -2.71. The fourth-order valence-corrected chi connectivity index (χ4v) is 3.80. The Kier molecular flexibility index (Phi) is 5.65. The number of ether oxygens (including phenoxy) is 1. The molecule has 2 heterocycles. The minimum absolute atomic E-state index is 0.191. The van der Waals surface area contributed by atoms with E-state index < -0.39 is 11.8 Å². The van der Waals surface area contributed by atoms with Crippen molar-refractivity contribution in [1.29, 1.82) is 0 Å². The van der Waals surface area contributed by atoms with E-state index in [9.17, 15) is 9.59 Å². The zero-order valence-electron chi connectivity index (χ0n) is 14.2. The number of thiophene rings is 1. The summed E-state index contributed by atoms with van der Waals surface area (Å²) >= 11 is 2.94. The van der Waals surface area contributed by atoms with E-state index in [1.54, 1.807) is 16.7 Å². The Balaban J connectivity index is 1.51. The molecule has 0 bridgehead atoms. The molecule has 0 aliphatic rings. The van der Waals surface area contributed by atoms with E-state index in [2.05, 4.69) is 15.8 Å². The zero-order chi connectivity index (χ0) is 18.5. The number of nitrogens with one attached hydrogen (secondary N) is 2. The number of hydrogen-bond acceptors (Lipinski definition) is 6. The van der Waals surface area contributed by atoms with Crippen molar-refractivity contribution < 1.29 is 14.3 Å². The highest BCUT2D eigenvalue weighted by Crippen LogP contribution is 2.25. The van der Waals surface area contributed by atoms with Crippen LogP contribution in [0.5, 0.6) is 5.75 Å². The SMILES string of the molecule is Cc1cccc(C)c1OCC(=O)NNC(=O)c1csc(-c2ccsc2)n1. The number of thiazole rings is 1. The highest BCUT2D eigenvalue weighted by atomic mass is 32.1. The van der Waals surface area contributed by atoms with Gasteiger partial charge in [0.15, 0.2) is 6.61 Å². The van der Waals surface area contributed by atoms with Gasteiger partial charge in [0, 0.05) is 16.3 Å². The van der Waals surface area contributed by atoms with E-state index >= 15 is 0 Å². The molecule has 6 nitrogen and oxygen atoms in total. The standard InChI is InChI=1S/C18H17N3O3S2/c1-11-4-3-5-12(2)16(11)24-8-15(22)20-21-17(23)14-10-26-18(19-14)13-6-7-25-9-13/h3-7,9-10H,8H2,1-2H3,(H,20,22)(H,21,23). The Morgan fingerprint density at radius 1 is 1.12 bits per heavy atom. The number of nitrogens with zero attached hydrogens (tertiary/aromatic N) is 1. The van der Waals surface area contributed by atoms with E-state index in [0.29, 0.717) is 5.75 Å². The zero-order valence-corrected chi connectivity index (χ0v) is 15.9. The van der Waals surface area contributed by atoms with Gasteiger partial charge in [0.25, 0.3) is 11.8 Å². The quantitative estimate of drug-likeness (QED) is 0.658. The van der Waals surface area contributed by atoms with Crippen LogP contribution in [-0.4, -0.2) is 23.4 Å². The Morgan fingerprint density at radius 3 is 2.58 bits per heavy atom. The topological polar surface area (TPSA) is 80.3 Å². The highest BCUT2D eigenvalue weighted by molar-refractivity contribution is 7.14. The number of benzene rings is 1. The molecule has 2 amide bonds. The van der Waals surface area contributed by atoms with Crippen molar-refractivity contribution >= 4 is 34.5 Å². The lowest BCUT2D eigenvalue weighted by atomic mass is 10.1. The number of amides is 2. The molecule has 8 heteroatoms. The lowest BCUT2D eigenvalue weighted by Gasteiger charge is -2.12. The third kappa shape index (κ3) is 4.27. The predicted octanol–water partition coefficient (Wildman–Crippen LogP) is 3.33. The van der Waals surface area contributed by atoms with Crippen LogP contribution in [-0.2, 0) is 4.79 Å². The molecule has 1 aromatic carbocycles. The maximum atomic E-state index is 12.1. The van der Waals surface area contributed by atoms with Gasteiger partial charge in [-0.2, -0.15) is 11.3 Å². The van der Waals surface area contributed by atoms with E-state index in [1.807, 2.05) is 48.9 Å². The van der Waals surface area contributed by atoms with Gasteiger partial charge in [-0.05, 0) is 36.4 Å². The van der Waals surface area contributed by atoms with Crippen LogP contribution in [0.4, 0.5) is 0 Å². The third-order valence-electron chi connectivity index (χ3n) is 3.58. The fourth-order valence-electron chi connectivity index (χ4n) is 2.29. The molecule has 2 N–H and O–H groups in total. The second-order valence-electron chi connectivity index (χ2n) is 5.56. The first-order chi connectivity index (χ1) is 12.5. The molecule has 0 unspecified atom stereocenters. The molecule has 0 aliphatic carbocycles. The minimum atomic E-state index is -0.469. The molecule has 134 valence electrons. The molecule has 0 atom stereocenters. The Morgan fingerprint density at radius 2 is 1.88 bits per heavy atom. The molecule has 0 fully saturated rings. The van der Waals surface area contributed by atoms with E-state index in [1.165, 1.54) is 11.3 Å². The van der Waals surface area contributed by atoms with Crippen LogP contribution in [0.2, 0.25) is 0 Å². The highest BCUT2D eigenvalue weighted by Gasteiger charge is 2.13. The second-order valence-corrected chi connectivity index (χ2v) is 7.20. The Labute approximate surface area is 158 Å². The average Bonchev–Trinajstić information content (AvgIpc) is 3.30. The van der Waals surface area contributed by atoms with Gasteiger partial charge in [-0.15, -0.1) is 11.3 Å². The summed E-state index contributed by atoms with van der Waals surface area (Å²) in [5, 5.41) is 6.34. The predicted molar refractivity (Wildman–Crippen MR) is 102 cm³/mol. The van der Waals surface area contributed by atoms with Crippen LogP contribution in [0.1, 0.15) is 21.6 Å². The molecule has 0 saturated heterocycles. The second kappa shape index (κ2) is 8.11. The molecule has 2 aromatic heterocycles. The van der Waals surface area contributed by atoms with Crippen molar-refractivity contribution in [3.8, 4) is 16.3 Å². The number of carbonyl (C=O) groups excluding carboxylic acids is 2. The monoisotopic (exact) mass is 387 g/mol. The number of aromatic nitrogens is 1. The molecule has 0 radical (unpaired) electrons. The van der Waals surface area contributed by atoms with Gasteiger partial charge in [-0.25, -0.2) is 4.98 Å². The van der Waals surface area contributed by atoms with Crippen LogP contribution in [0.15, 0.2) is 40.4 Å². The number of hydrogen-bond donors (Lipinski definition) is 2. The molecule has 3 rings (SSSR count). The molecule has 0 spiro atoms. The van der Waals surface area contributed by atoms with Crippen molar-refractivity contribution in [3.63, 3.8) is 0 Å². The summed E-state index contributed by atoms with van der Waals surface area (Å²) in [5.74, 6) is -0.244. The fraction of sp³-hybridized carbons (Fsp3) is 0.167. The third-order valence-corrected chi connectivity index (χ3v) is 5.15. The number of carbonyl (C=O) groups is 2. The van der Waals surface area contributed by atoms with E-state index in [-0.39, 0.29) is 12.3 Å². The lowest BCUT2D eigenvalue weighted by Crippen LogP contribution is -2.44. The lowest BCUT2D eigenvalue weighted by molar-refractivity contribution is -0.123. The first-order valence-electron chi connectivity index (χ1n) is 7.81. The van der Waals surface area contributed by atoms with E-state index in [4.69, 9.17) is 4.74 Å². The summed E-state index contributed by atoms with van der Waals surface area (Å²) in [4.78, 5) is 28.3. The maximum absolute atomic E-state index is 12.1. The van der Waals surface area contributed by atoms with Crippen LogP contribution < -0.4 is 15.6 Å². The minimum Gasteiger partial charge on any atom is -0.483 e. The maximum Gasteiger partial charge on any atom is 0.289 e. The first kappa shape index (κ1) is 18.1. The van der Waals surface area contributed by atoms with Gasteiger partial charge in [0.2, 0.25) is 0 Å². The van der Waals surface area contributed by atoms with Gasteiger partial charge < -0.3 is 4.74 Å². The number of aryl methyl sites for hydroxylation is 2. The van der Waals surface area contributed by atoms with Gasteiger partial charge in [-0.1, -0.05) is 18.2 Å². The molecular formula is C18H17N3O3S2. The number of para-hydroxylation sites is 1.